The molecule has 5 atom stereocenters. The van der Waals surface area contributed by atoms with Gasteiger partial charge in [-0.05, 0) is 76.0 Å². The predicted octanol–water partition coefficient (Wildman–Crippen LogP) is 2.76. The quantitative estimate of drug-likeness (QED) is 0.411. The molecule has 1 unspecified atom stereocenters. The number of nitrogens with one attached hydrogen (secondary N) is 3. The molecule has 214 valence electrons. The van der Waals surface area contributed by atoms with Crippen LogP contribution in [0.25, 0.3) is 10.9 Å². The Morgan fingerprint density at radius 1 is 1.10 bits per heavy atom. The molecule has 0 radical (unpaired) electrons. The lowest BCUT2D eigenvalue weighted by Crippen LogP contribution is -2.55. The van der Waals surface area contributed by atoms with Crippen LogP contribution in [-0.4, -0.2) is 71.0 Å². The van der Waals surface area contributed by atoms with E-state index in [1.54, 1.807) is 31.9 Å². The number of carbonyl (C=O) groups is 5. The maximum Gasteiger partial charge on any atom is 0.289 e. The number of nitrogens with zero attached hydrogens (tertiary/aromatic N) is 1. The number of fused-ring (bicyclic) bond motifs is 2. The molecule has 1 aromatic carbocycles. The molecule has 2 aliphatic carbocycles. The van der Waals surface area contributed by atoms with E-state index in [9.17, 15) is 24.0 Å². The van der Waals surface area contributed by atoms with Crippen LogP contribution in [0.5, 0.6) is 5.75 Å². The van der Waals surface area contributed by atoms with Crippen LogP contribution in [0.15, 0.2) is 24.3 Å². The molecule has 3 fully saturated rings. The SMILES string of the molecule is COc1cccc2[nH]c(C(=O)N3C[C@@H]4CCC[C@@H]4[C@H]3C(=O)NC(C[C@@H]3CCCC3=O)C(=O)C(=O)NC(C)C)cc12. The fraction of sp³-hybridized carbons (Fsp3) is 0.567. The normalized spacial score (nSPS) is 24.8. The number of amides is 3. The van der Waals surface area contributed by atoms with Gasteiger partial charge in [-0.25, -0.2) is 0 Å². The fourth-order valence-electron chi connectivity index (χ4n) is 6.83. The maximum atomic E-state index is 13.9. The first-order chi connectivity index (χ1) is 19.2. The maximum absolute atomic E-state index is 13.9. The van der Waals surface area contributed by atoms with Gasteiger partial charge in [0.05, 0.1) is 13.2 Å². The lowest BCUT2D eigenvalue weighted by atomic mass is 9.91. The van der Waals surface area contributed by atoms with Crippen LogP contribution in [0.1, 0.15) is 69.3 Å². The first kappa shape index (κ1) is 27.9. The van der Waals surface area contributed by atoms with Crippen molar-refractivity contribution in [2.45, 2.75) is 76.9 Å². The van der Waals surface area contributed by atoms with Gasteiger partial charge in [0.2, 0.25) is 11.7 Å². The van der Waals surface area contributed by atoms with Crippen LogP contribution in [-0.2, 0) is 19.2 Å². The number of ether oxygens (including phenoxy) is 1. The highest BCUT2D eigenvalue weighted by Crippen LogP contribution is 2.43. The van der Waals surface area contributed by atoms with Crippen LogP contribution < -0.4 is 15.4 Å². The summed E-state index contributed by atoms with van der Waals surface area (Å²) >= 11 is 0. The first-order valence-corrected chi connectivity index (χ1v) is 14.3. The highest BCUT2D eigenvalue weighted by atomic mass is 16.5. The van der Waals surface area contributed by atoms with Gasteiger partial charge in [0, 0.05) is 35.8 Å². The van der Waals surface area contributed by atoms with Crippen LogP contribution in [0.2, 0.25) is 0 Å². The van der Waals surface area contributed by atoms with Crippen LogP contribution >= 0.6 is 0 Å². The molecule has 3 amide bonds. The largest absolute Gasteiger partial charge is 0.496 e. The zero-order valence-corrected chi connectivity index (χ0v) is 23.3. The van der Waals surface area contributed by atoms with E-state index in [1.165, 1.54) is 0 Å². The molecule has 5 rings (SSSR count). The number of likely N-dealkylation sites (tertiary alicyclic amines) is 1. The molecule has 10 nitrogen and oxygen atoms in total. The molecule has 1 saturated heterocycles. The van der Waals surface area contributed by atoms with E-state index in [-0.39, 0.29) is 41.9 Å². The Bertz CT molecular complexity index is 1330. The van der Waals surface area contributed by atoms with Gasteiger partial charge < -0.3 is 25.3 Å². The summed E-state index contributed by atoms with van der Waals surface area (Å²) in [6.07, 6.45) is 4.61. The fourth-order valence-corrected chi connectivity index (χ4v) is 6.83. The second kappa shape index (κ2) is 11.4. The molecule has 2 heterocycles. The summed E-state index contributed by atoms with van der Waals surface area (Å²) in [6.45, 7) is 3.95. The number of Topliss-reactive ketones (excluding diaryl/α,β-unsaturated/α-hetero) is 2. The van der Waals surface area contributed by atoms with Crippen LogP contribution in [0.3, 0.4) is 0 Å². The van der Waals surface area contributed by atoms with Gasteiger partial charge in [-0.3, -0.25) is 24.0 Å². The third kappa shape index (κ3) is 5.36. The Kier molecular flexibility index (Phi) is 7.96. The average Bonchev–Trinajstić information content (AvgIpc) is 3.70. The van der Waals surface area contributed by atoms with Crippen LogP contribution in [0, 0.1) is 17.8 Å². The van der Waals surface area contributed by atoms with Gasteiger partial charge in [-0.15, -0.1) is 0 Å². The Morgan fingerprint density at radius 3 is 2.60 bits per heavy atom. The van der Waals surface area contributed by atoms with E-state index >= 15 is 0 Å². The number of hydrogen-bond donors (Lipinski definition) is 3. The van der Waals surface area contributed by atoms with Crippen molar-refractivity contribution >= 4 is 40.2 Å². The van der Waals surface area contributed by atoms with Crippen molar-refractivity contribution in [3.8, 4) is 5.75 Å². The zero-order chi connectivity index (χ0) is 28.6. The number of ketones is 2. The van der Waals surface area contributed by atoms with E-state index in [0.717, 1.165) is 36.6 Å². The second-order valence-corrected chi connectivity index (χ2v) is 11.7. The lowest BCUT2D eigenvalue weighted by molar-refractivity contribution is -0.141. The molecular weight excluding hydrogens is 512 g/mol. The third-order valence-corrected chi connectivity index (χ3v) is 8.72. The topological polar surface area (TPSA) is 138 Å². The van der Waals surface area contributed by atoms with Crippen molar-refractivity contribution in [1.82, 2.24) is 20.5 Å². The van der Waals surface area contributed by atoms with Gasteiger partial charge in [0.15, 0.2) is 0 Å². The summed E-state index contributed by atoms with van der Waals surface area (Å²) in [7, 11) is 1.57. The summed E-state index contributed by atoms with van der Waals surface area (Å²) in [6, 6.07) is 5.11. The minimum Gasteiger partial charge on any atom is -0.496 e. The van der Waals surface area contributed by atoms with Crippen molar-refractivity contribution in [1.29, 1.82) is 0 Å². The smallest absolute Gasteiger partial charge is 0.289 e. The van der Waals surface area contributed by atoms with E-state index < -0.39 is 29.7 Å². The zero-order valence-electron chi connectivity index (χ0n) is 23.3. The standard InChI is InChI=1S/C30H38N4O6/c1-16(2)31-29(38)27(36)22(13-17-7-5-11-24(17)35)33-28(37)26-19-9-4-8-18(19)15-34(26)30(39)23-14-20-21(32-23)10-6-12-25(20)40-3/h6,10,12,14,16-19,22,26,32H,4-5,7-9,11,13,15H2,1-3H3,(H,31,38)(H,33,37)/t17-,18-,19-,22?,26-/m0/s1. The van der Waals surface area contributed by atoms with E-state index in [4.69, 9.17) is 4.74 Å². The van der Waals surface area contributed by atoms with E-state index in [1.807, 2.05) is 18.2 Å². The van der Waals surface area contributed by atoms with Crippen molar-refractivity contribution < 1.29 is 28.7 Å². The number of hydrogen-bond acceptors (Lipinski definition) is 6. The first-order valence-electron chi connectivity index (χ1n) is 14.3. The predicted molar refractivity (Wildman–Crippen MR) is 148 cm³/mol. The number of benzene rings is 1. The molecule has 1 aromatic heterocycles. The van der Waals surface area contributed by atoms with Gasteiger partial charge in [0.1, 0.15) is 23.3 Å². The third-order valence-electron chi connectivity index (χ3n) is 8.72. The number of H-pyrrole nitrogens is 1. The molecule has 3 aliphatic rings. The summed E-state index contributed by atoms with van der Waals surface area (Å²) in [5.74, 6) is -1.80. The summed E-state index contributed by atoms with van der Waals surface area (Å²) in [4.78, 5) is 70.8. The van der Waals surface area contributed by atoms with E-state index in [0.29, 0.717) is 30.8 Å². The summed E-state index contributed by atoms with van der Waals surface area (Å²) in [5, 5.41) is 6.21. The molecule has 3 N–H and O–H groups in total. The summed E-state index contributed by atoms with van der Waals surface area (Å²) < 4.78 is 5.44. The van der Waals surface area contributed by atoms with E-state index in [2.05, 4.69) is 15.6 Å². The van der Waals surface area contributed by atoms with Crippen molar-refractivity contribution in [3.63, 3.8) is 0 Å². The minimum atomic E-state index is -1.13. The van der Waals surface area contributed by atoms with Crippen molar-refractivity contribution in [3.05, 3.63) is 30.0 Å². The monoisotopic (exact) mass is 550 g/mol. The number of aromatic nitrogens is 1. The molecule has 10 heteroatoms. The Labute approximate surface area is 233 Å². The van der Waals surface area contributed by atoms with Crippen molar-refractivity contribution in [2.75, 3.05) is 13.7 Å². The summed E-state index contributed by atoms with van der Waals surface area (Å²) in [5.41, 5.74) is 1.11. The lowest BCUT2D eigenvalue weighted by Gasteiger charge is -2.29. The highest BCUT2D eigenvalue weighted by molar-refractivity contribution is 6.38. The number of carbonyl (C=O) groups excluding carboxylic acids is 5. The van der Waals surface area contributed by atoms with Gasteiger partial charge in [0.25, 0.3) is 11.8 Å². The van der Waals surface area contributed by atoms with Gasteiger partial charge in [-0.1, -0.05) is 12.5 Å². The molecule has 40 heavy (non-hydrogen) atoms. The average molecular weight is 551 g/mol. The minimum absolute atomic E-state index is 0.0313. The number of methoxy groups -OCH3 is 1. The van der Waals surface area contributed by atoms with Crippen molar-refractivity contribution in [2.24, 2.45) is 17.8 Å². The molecule has 0 bridgehead atoms. The molecule has 2 aromatic rings. The molecule has 1 aliphatic heterocycles. The Balaban J connectivity index is 1.40. The van der Waals surface area contributed by atoms with Gasteiger partial charge >= 0.3 is 0 Å². The molecular formula is C30H38N4O6. The van der Waals surface area contributed by atoms with Gasteiger partial charge in [-0.2, -0.15) is 0 Å². The second-order valence-electron chi connectivity index (χ2n) is 11.7. The highest BCUT2D eigenvalue weighted by Gasteiger charge is 2.50. The number of aromatic amines is 1. The molecule has 0 spiro atoms. The Hall–Kier alpha value is -3.69. The molecule has 2 saturated carbocycles. The van der Waals surface area contributed by atoms with Crippen LogP contribution in [0.4, 0.5) is 0 Å². The number of rotatable bonds is 9. The Morgan fingerprint density at radius 2 is 1.90 bits per heavy atom.